The lowest BCUT2D eigenvalue weighted by Crippen LogP contribution is -2.51. The topological polar surface area (TPSA) is 126 Å². The van der Waals surface area contributed by atoms with E-state index in [1.807, 2.05) is 42.0 Å². The SMILES string of the molecule is CCOc1cc(O[C@H]2CCc3c(-c4cccc(OCCCN5CCC(F)CC5)c4Cl)cccc32)c(Cl)cc1CN[C@H](C(=O)NS(C)(=O)=O)[C@@H](C)O. The molecule has 2 aliphatic rings. The van der Waals surface area contributed by atoms with E-state index in [9.17, 15) is 22.7 Å². The van der Waals surface area contributed by atoms with Gasteiger partial charge >= 0.3 is 0 Å². The molecule has 0 unspecified atom stereocenters. The summed E-state index contributed by atoms with van der Waals surface area (Å²) in [6.45, 7) is 6.58. The average Bonchev–Trinajstić information content (AvgIpc) is 3.48. The van der Waals surface area contributed by atoms with E-state index in [0.717, 1.165) is 67.4 Å². The van der Waals surface area contributed by atoms with Gasteiger partial charge in [0.1, 0.15) is 35.6 Å². The number of carbonyl (C=O) groups is 1. The third-order valence-corrected chi connectivity index (χ3v) is 10.4. The zero-order valence-electron chi connectivity index (χ0n) is 29.1. The summed E-state index contributed by atoms with van der Waals surface area (Å²) in [5.74, 6) is 0.647. The summed E-state index contributed by atoms with van der Waals surface area (Å²) in [5.41, 5.74) is 4.66. The zero-order chi connectivity index (χ0) is 36.7. The highest BCUT2D eigenvalue weighted by atomic mass is 35.5. The monoisotopic (exact) mass is 765 g/mol. The van der Waals surface area contributed by atoms with Gasteiger partial charge in [-0.2, -0.15) is 0 Å². The van der Waals surface area contributed by atoms with Crippen molar-refractivity contribution in [3.8, 4) is 28.4 Å². The average molecular weight is 767 g/mol. The van der Waals surface area contributed by atoms with Crippen molar-refractivity contribution in [3.63, 3.8) is 0 Å². The number of likely N-dealkylation sites (tertiary alicyclic amines) is 1. The normalized spacial score (nSPS) is 17.8. The lowest BCUT2D eigenvalue weighted by Gasteiger charge is -2.28. The second-order valence-corrected chi connectivity index (χ2v) is 15.5. The number of nitrogens with zero attached hydrogens (tertiary/aromatic N) is 1. The zero-order valence-corrected chi connectivity index (χ0v) is 31.4. The van der Waals surface area contributed by atoms with Crippen LogP contribution < -0.4 is 24.2 Å². The van der Waals surface area contributed by atoms with Gasteiger partial charge in [-0.05, 0) is 74.8 Å². The van der Waals surface area contributed by atoms with Crippen molar-refractivity contribution in [3.05, 3.63) is 75.3 Å². The maximum Gasteiger partial charge on any atom is 0.253 e. The van der Waals surface area contributed by atoms with Crippen LogP contribution in [0.1, 0.15) is 62.3 Å². The number of ether oxygens (including phenoxy) is 3. The lowest BCUT2D eigenvalue weighted by atomic mass is 9.96. The number of alkyl halides is 1. The van der Waals surface area contributed by atoms with Crippen molar-refractivity contribution in [2.45, 2.75) is 76.9 Å². The molecule has 1 fully saturated rings. The number of aliphatic hydroxyl groups is 1. The number of fused-ring (bicyclic) bond motifs is 1. The molecule has 3 N–H and O–H groups in total. The Bertz CT molecular complexity index is 1790. The van der Waals surface area contributed by atoms with E-state index in [2.05, 4.69) is 16.3 Å². The number of hydrogen-bond acceptors (Lipinski definition) is 9. The number of piperidine rings is 1. The van der Waals surface area contributed by atoms with E-state index in [0.29, 0.717) is 58.9 Å². The van der Waals surface area contributed by atoms with Gasteiger partial charge in [0.15, 0.2) is 0 Å². The van der Waals surface area contributed by atoms with Crippen molar-refractivity contribution >= 4 is 39.1 Å². The van der Waals surface area contributed by atoms with Crippen LogP contribution in [-0.2, 0) is 27.8 Å². The van der Waals surface area contributed by atoms with Gasteiger partial charge in [-0.1, -0.05) is 53.5 Å². The third-order valence-electron chi connectivity index (χ3n) is 9.11. The van der Waals surface area contributed by atoms with Crippen LogP contribution >= 0.6 is 23.2 Å². The largest absolute Gasteiger partial charge is 0.493 e. The van der Waals surface area contributed by atoms with Crippen LogP contribution in [0.2, 0.25) is 10.0 Å². The van der Waals surface area contributed by atoms with Gasteiger partial charge in [-0.25, -0.2) is 12.8 Å². The molecular formula is C37H46Cl2FN3O7S. The Morgan fingerprint density at radius 1 is 1.04 bits per heavy atom. The maximum absolute atomic E-state index is 13.5. The second-order valence-electron chi connectivity index (χ2n) is 13.0. The predicted molar refractivity (Wildman–Crippen MR) is 197 cm³/mol. The molecule has 5 rings (SSSR count). The Labute approximate surface area is 309 Å². The van der Waals surface area contributed by atoms with Crippen LogP contribution in [0.4, 0.5) is 4.39 Å². The molecule has 10 nitrogen and oxygen atoms in total. The molecule has 278 valence electrons. The number of benzene rings is 3. The Morgan fingerprint density at radius 2 is 1.76 bits per heavy atom. The number of carbonyl (C=O) groups excluding carboxylic acids is 1. The highest BCUT2D eigenvalue weighted by Gasteiger charge is 2.30. The Balaban J connectivity index is 1.28. The number of halogens is 3. The first kappa shape index (κ1) is 39.1. The number of amides is 1. The number of nitrogens with one attached hydrogen (secondary N) is 2. The summed E-state index contributed by atoms with van der Waals surface area (Å²) >= 11 is 13.7. The minimum Gasteiger partial charge on any atom is -0.493 e. The van der Waals surface area contributed by atoms with Crippen molar-refractivity contribution in [1.29, 1.82) is 0 Å². The summed E-state index contributed by atoms with van der Waals surface area (Å²) < 4.78 is 57.0. The van der Waals surface area contributed by atoms with Crippen LogP contribution in [0.5, 0.6) is 17.2 Å². The smallest absolute Gasteiger partial charge is 0.253 e. The predicted octanol–water partition coefficient (Wildman–Crippen LogP) is 6.24. The van der Waals surface area contributed by atoms with Gasteiger partial charge in [0.25, 0.3) is 5.91 Å². The molecule has 1 amide bonds. The van der Waals surface area contributed by atoms with Crippen LogP contribution in [0.15, 0.2) is 48.5 Å². The van der Waals surface area contributed by atoms with E-state index in [-0.39, 0.29) is 12.6 Å². The molecule has 3 aromatic carbocycles. The number of rotatable bonds is 16. The van der Waals surface area contributed by atoms with E-state index >= 15 is 0 Å². The number of hydrogen-bond donors (Lipinski definition) is 3. The van der Waals surface area contributed by atoms with E-state index < -0.39 is 34.2 Å². The summed E-state index contributed by atoms with van der Waals surface area (Å²) in [7, 11) is -3.81. The molecule has 51 heavy (non-hydrogen) atoms. The quantitative estimate of drug-likeness (QED) is 0.145. The van der Waals surface area contributed by atoms with Gasteiger partial charge in [-0.15, -0.1) is 0 Å². The van der Waals surface area contributed by atoms with Crippen LogP contribution in [0.25, 0.3) is 11.1 Å². The van der Waals surface area contributed by atoms with E-state index in [1.165, 1.54) is 6.92 Å². The van der Waals surface area contributed by atoms with Gasteiger partial charge in [0, 0.05) is 43.4 Å². The molecule has 14 heteroatoms. The van der Waals surface area contributed by atoms with Crippen LogP contribution in [0.3, 0.4) is 0 Å². The van der Waals surface area contributed by atoms with Crippen LogP contribution in [-0.4, -0.2) is 81.8 Å². The Morgan fingerprint density at radius 3 is 2.47 bits per heavy atom. The first-order valence-corrected chi connectivity index (χ1v) is 19.9. The minimum atomic E-state index is -3.81. The van der Waals surface area contributed by atoms with E-state index in [1.54, 1.807) is 12.1 Å². The molecule has 1 heterocycles. The number of sulfonamides is 1. The molecule has 1 aliphatic heterocycles. The fraction of sp³-hybridized carbons (Fsp3) is 0.486. The van der Waals surface area contributed by atoms with Crippen molar-refractivity contribution < 1.29 is 36.9 Å². The summed E-state index contributed by atoms with van der Waals surface area (Å²) in [6.07, 6.45) is 2.23. The third kappa shape index (κ3) is 10.3. The van der Waals surface area contributed by atoms with Gasteiger partial charge < -0.3 is 24.2 Å². The molecule has 0 saturated carbocycles. The second kappa shape index (κ2) is 17.6. The standard InChI is InChI=1S/C37H46Cl2FN3O7S/c1-4-48-33-21-34(30(38)20-24(33)22-41-36(23(2)44)37(45)42-51(3,46)47)50-31-13-12-27-26(8-5-9-28(27)31)29-10-6-11-32(35(29)39)49-19-7-16-43-17-14-25(40)15-18-43/h5-6,8-11,20-21,23,25,31,36,41,44H,4,7,12-19,22H2,1-3H3,(H,42,45)/t23-,31+,36+/m1/s1. The summed E-state index contributed by atoms with van der Waals surface area (Å²) in [6, 6.07) is 14.1. The molecule has 0 spiro atoms. The van der Waals surface area contributed by atoms with Crippen molar-refractivity contribution in [2.24, 2.45) is 0 Å². The summed E-state index contributed by atoms with van der Waals surface area (Å²) in [5, 5.41) is 13.9. The Hall–Kier alpha value is -3.13. The number of aliphatic hydroxyl groups excluding tert-OH is 1. The fourth-order valence-electron chi connectivity index (χ4n) is 6.61. The van der Waals surface area contributed by atoms with Crippen molar-refractivity contribution in [1.82, 2.24) is 14.9 Å². The molecule has 0 aromatic heterocycles. The summed E-state index contributed by atoms with van der Waals surface area (Å²) in [4.78, 5) is 14.8. The molecular weight excluding hydrogens is 720 g/mol. The molecule has 0 radical (unpaired) electrons. The highest BCUT2D eigenvalue weighted by Crippen LogP contribution is 2.45. The van der Waals surface area contributed by atoms with Gasteiger partial charge in [0.05, 0.1) is 35.6 Å². The maximum atomic E-state index is 13.5. The minimum absolute atomic E-state index is 0.0561. The Kier molecular flexibility index (Phi) is 13.5. The molecule has 1 aliphatic carbocycles. The van der Waals surface area contributed by atoms with Gasteiger partial charge in [-0.3, -0.25) is 14.8 Å². The first-order valence-electron chi connectivity index (χ1n) is 17.3. The molecule has 3 atom stereocenters. The highest BCUT2D eigenvalue weighted by molar-refractivity contribution is 7.89. The fourth-order valence-corrected chi connectivity index (χ4v) is 7.62. The lowest BCUT2D eigenvalue weighted by molar-refractivity contribution is -0.123. The molecule has 1 saturated heterocycles. The molecule has 0 bridgehead atoms. The van der Waals surface area contributed by atoms with E-state index in [4.69, 9.17) is 37.4 Å². The first-order chi connectivity index (χ1) is 24.3. The van der Waals surface area contributed by atoms with Crippen molar-refractivity contribution in [2.75, 3.05) is 39.1 Å². The molecule has 3 aromatic rings. The van der Waals surface area contributed by atoms with Crippen LogP contribution in [0, 0.1) is 0 Å². The van der Waals surface area contributed by atoms with Gasteiger partial charge in [0.2, 0.25) is 10.0 Å².